The summed E-state index contributed by atoms with van der Waals surface area (Å²) in [5.41, 5.74) is 3.09. The summed E-state index contributed by atoms with van der Waals surface area (Å²) in [5, 5.41) is 3.19. The SMILES string of the molecule is COCCOCCONC(=O)c1cc(Cl)c(F)cc1Nc1ccc(I)cc1Cl. The van der Waals surface area contributed by atoms with Crippen LogP contribution in [0.4, 0.5) is 15.8 Å². The van der Waals surface area contributed by atoms with Gasteiger partial charge in [0.25, 0.3) is 5.91 Å². The van der Waals surface area contributed by atoms with Crippen LogP contribution in [0.3, 0.4) is 0 Å². The summed E-state index contributed by atoms with van der Waals surface area (Å²) in [6.07, 6.45) is 0. The van der Waals surface area contributed by atoms with Crippen molar-refractivity contribution in [2.24, 2.45) is 0 Å². The second kappa shape index (κ2) is 11.7. The molecule has 0 aliphatic heterocycles. The fourth-order valence-corrected chi connectivity index (χ4v) is 3.16. The number of ether oxygens (including phenoxy) is 2. The number of hydroxylamine groups is 1. The van der Waals surface area contributed by atoms with Crippen molar-refractivity contribution in [2.75, 3.05) is 38.9 Å². The molecule has 0 aromatic heterocycles. The highest BCUT2D eigenvalue weighted by molar-refractivity contribution is 14.1. The topological polar surface area (TPSA) is 68.8 Å². The minimum Gasteiger partial charge on any atom is -0.382 e. The van der Waals surface area contributed by atoms with Crippen LogP contribution in [-0.4, -0.2) is 39.4 Å². The van der Waals surface area contributed by atoms with Crippen LogP contribution in [0.1, 0.15) is 10.4 Å². The van der Waals surface area contributed by atoms with E-state index in [1.165, 1.54) is 6.07 Å². The Hall–Kier alpha value is -1.17. The number of amides is 1. The number of methoxy groups -OCH3 is 1. The minimum atomic E-state index is -0.671. The van der Waals surface area contributed by atoms with Crippen LogP contribution < -0.4 is 10.8 Å². The van der Waals surface area contributed by atoms with Crippen LogP contribution in [0.2, 0.25) is 10.0 Å². The molecule has 0 saturated carbocycles. The molecule has 0 heterocycles. The van der Waals surface area contributed by atoms with Crippen LogP contribution in [0.5, 0.6) is 0 Å². The predicted molar refractivity (Wildman–Crippen MR) is 115 cm³/mol. The van der Waals surface area contributed by atoms with Crippen LogP contribution in [0.25, 0.3) is 0 Å². The van der Waals surface area contributed by atoms with E-state index >= 15 is 0 Å². The third-order valence-electron chi connectivity index (χ3n) is 3.43. The molecule has 10 heteroatoms. The Labute approximate surface area is 185 Å². The van der Waals surface area contributed by atoms with E-state index in [2.05, 4.69) is 33.4 Å². The zero-order chi connectivity index (χ0) is 20.5. The quantitative estimate of drug-likeness (QED) is 0.256. The molecule has 0 atom stereocenters. The van der Waals surface area contributed by atoms with Gasteiger partial charge in [-0.25, -0.2) is 9.87 Å². The van der Waals surface area contributed by atoms with E-state index < -0.39 is 11.7 Å². The summed E-state index contributed by atoms with van der Waals surface area (Å²) in [5.74, 6) is -1.27. The monoisotopic (exact) mass is 542 g/mol. The molecule has 2 aromatic rings. The minimum absolute atomic E-state index is 0.0984. The standard InChI is InChI=1S/C18H18Cl2FIN2O4/c1-26-4-5-27-6-7-28-24-18(25)12-9-13(19)15(21)10-17(12)23-16-3-2-11(22)8-14(16)20/h2-3,8-10,23H,4-7H2,1H3,(H,24,25). The predicted octanol–water partition coefficient (Wildman–Crippen LogP) is 4.81. The van der Waals surface area contributed by atoms with Crippen molar-refractivity contribution in [1.82, 2.24) is 5.48 Å². The maximum absolute atomic E-state index is 13.9. The Kier molecular flexibility index (Phi) is 9.69. The van der Waals surface area contributed by atoms with Crippen molar-refractivity contribution in [2.45, 2.75) is 0 Å². The maximum Gasteiger partial charge on any atom is 0.277 e. The van der Waals surface area contributed by atoms with Gasteiger partial charge in [-0.1, -0.05) is 23.2 Å². The van der Waals surface area contributed by atoms with E-state index in [1.807, 2.05) is 6.07 Å². The van der Waals surface area contributed by atoms with E-state index in [4.69, 9.17) is 37.5 Å². The molecule has 0 spiro atoms. The van der Waals surface area contributed by atoms with Crippen molar-refractivity contribution in [3.63, 3.8) is 0 Å². The largest absolute Gasteiger partial charge is 0.382 e. The molecule has 2 aromatic carbocycles. The number of halogens is 4. The molecule has 2 rings (SSSR count). The summed E-state index contributed by atoms with van der Waals surface area (Å²) in [7, 11) is 1.57. The van der Waals surface area contributed by atoms with Crippen molar-refractivity contribution < 1.29 is 23.5 Å². The molecular formula is C18H18Cl2FIN2O4. The number of hydrogen-bond acceptors (Lipinski definition) is 5. The van der Waals surface area contributed by atoms with E-state index in [0.717, 1.165) is 9.64 Å². The molecule has 0 saturated heterocycles. The Morgan fingerprint density at radius 1 is 1.07 bits per heavy atom. The molecule has 0 aliphatic rings. The lowest BCUT2D eigenvalue weighted by atomic mass is 10.1. The summed E-state index contributed by atoms with van der Waals surface area (Å²) < 4.78 is 25.0. The van der Waals surface area contributed by atoms with E-state index in [1.54, 1.807) is 19.2 Å². The lowest BCUT2D eigenvalue weighted by Crippen LogP contribution is -2.26. The molecule has 6 nitrogen and oxygen atoms in total. The lowest BCUT2D eigenvalue weighted by molar-refractivity contribution is -0.00935. The van der Waals surface area contributed by atoms with Crippen molar-refractivity contribution in [1.29, 1.82) is 0 Å². The number of rotatable bonds is 10. The first-order chi connectivity index (χ1) is 13.4. The van der Waals surface area contributed by atoms with Gasteiger partial charge in [0.15, 0.2) is 0 Å². The molecule has 1 amide bonds. The van der Waals surface area contributed by atoms with Gasteiger partial charge in [-0.3, -0.25) is 9.63 Å². The fourth-order valence-electron chi connectivity index (χ4n) is 2.09. The van der Waals surface area contributed by atoms with Gasteiger partial charge in [0, 0.05) is 10.7 Å². The smallest absolute Gasteiger partial charge is 0.277 e. The second-order valence-corrected chi connectivity index (χ2v) is 7.51. The normalized spacial score (nSPS) is 10.8. The van der Waals surface area contributed by atoms with Gasteiger partial charge in [0.05, 0.1) is 53.4 Å². The first-order valence-corrected chi connectivity index (χ1v) is 9.95. The second-order valence-electron chi connectivity index (χ2n) is 5.45. The number of hydrogen-bond donors (Lipinski definition) is 2. The van der Waals surface area contributed by atoms with Gasteiger partial charge in [-0.05, 0) is 52.9 Å². The van der Waals surface area contributed by atoms with Gasteiger partial charge in [-0.2, -0.15) is 0 Å². The third-order valence-corrected chi connectivity index (χ3v) is 4.71. The average Bonchev–Trinajstić information content (AvgIpc) is 2.65. The number of carbonyl (C=O) groups excluding carboxylic acids is 1. The summed E-state index contributed by atoms with van der Waals surface area (Å²) in [6, 6.07) is 7.63. The highest BCUT2D eigenvalue weighted by Gasteiger charge is 2.17. The highest BCUT2D eigenvalue weighted by Crippen LogP contribution is 2.31. The summed E-state index contributed by atoms with van der Waals surface area (Å²) >= 11 is 14.2. The molecular weight excluding hydrogens is 525 g/mol. The average molecular weight is 543 g/mol. The molecule has 0 unspecified atom stereocenters. The molecule has 0 fully saturated rings. The van der Waals surface area contributed by atoms with Crippen LogP contribution in [0.15, 0.2) is 30.3 Å². The van der Waals surface area contributed by atoms with E-state index in [-0.39, 0.29) is 29.5 Å². The Balaban J connectivity index is 2.06. The van der Waals surface area contributed by atoms with E-state index in [9.17, 15) is 9.18 Å². The van der Waals surface area contributed by atoms with Crippen molar-refractivity contribution >= 4 is 63.1 Å². The molecule has 28 heavy (non-hydrogen) atoms. The Bertz CT molecular complexity index is 826. The molecule has 0 bridgehead atoms. The molecule has 152 valence electrons. The third kappa shape index (κ3) is 7.02. The van der Waals surface area contributed by atoms with E-state index in [0.29, 0.717) is 23.9 Å². The number of benzene rings is 2. The van der Waals surface area contributed by atoms with Gasteiger partial charge < -0.3 is 14.8 Å². The maximum atomic E-state index is 13.9. The lowest BCUT2D eigenvalue weighted by Gasteiger charge is -2.14. The number of carbonyl (C=O) groups is 1. The first kappa shape index (κ1) is 23.1. The van der Waals surface area contributed by atoms with Crippen molar-refractivity contribution in [3.05, 3.63) is 55.3 Å². The summed E-state index contributed by atoms with van der Waals surface area (Å²) in [6.45, 7) is 1.30. The molecule has 0 aliphatic carbocycles. The number of anilines is 2. The first-order valence-electron chi connectivity index (χ1n) is 8.12. The fraction of sp³-hybridized carbons (Fsp3) is 0.278. The number of nitrogens with one attached hydrogen (secondary N) is 2. The van der Waals surface area contributed by atoms with Gasteiger partial charge in [0.1, 0.15) is 5.82 Å². The highest BCUT2D eigenvalue weighted by atomic mass is 127. The van der Waals surface area contributed by atoms with Crippen LogP contribution >= 0.6 is 45.8 Å². The Morgan fingerprint density at radius 3 is 2.54 bits per heavy atom. The van der Waals surface area contributed by atoms with Crippen molar-refractivity contribution in [3.8, 4) is 0 Å². The molecule has 0 radical (unpaired) electrons. The van der Waals surface area contributed by atoms with Gasteiger partial charge in [0.2, 0.25) is 0 Å². The van der Waals surface area contributed by atoms with Gasteiger partial charge >= 0.3 is 0 Å². The zero-order valence-corrected chi connectivity index (χ0v) is 18.5. The zero-order valence-electron chi connectivity index (χ0n) is 14.9. The molecule has 2 N–H and O–H groups in total. The van der Waals surface area contributed by atoms with Crippen LogP contribution in [-0.2, 0) is 14.3 Å². The van der Waals surface area contributed by atoms with Crippen LogP contribution in [0, 0.1) is 9.39 Å². The summed E-state index contributed by atoms with van der Waals surface area (Å²) in [4.78, 5) is 17.5. The van der Waals surface area contributed by atoms with Gasteiger partial charge in [-0.15, -0.1) is 0 Å². The Morgan fingerprint density at radius 2 is 1.82 bits per heavy atom.